The third kappa shape index (κ3) is 5.21. The van der Waals surface area contributed by atoms with Gasteiger partial charge in [-0.05, 0) is 38.2 Å². The van der Waals surface area contributed by atoms with Crippen molar-refractivity contribution in [2.24, 2.45) is 5.92 Å². The molecule has 1 amide bonds. The molecule has 24 heavy (non-hydrogen) atoms. The monoisotopic (exact) mass is 344 g/mol. The van der Waals surface area contributed by atoms with Crippen molar-refractivity contribution in [2.45, 2.75) is 19.1 Å². The largest absolute Gasteiger partial charge is 0.416 e. The van der Waals surface area contributed by atoms with Crippen LogP contribution in [-0.2, 0) is 22.3 Å². The van der Waals surface area contributed by atoms with Gasteiger partial charge in [0.15, 0.2) is 0 Å². The highest BCUT2D eigenvalue weighted by atomic mass is 19.4. The van der Waals surface area contributed by atoms with Crippen LogP contribution in [0.25, 0.3) is 0 Å². The molecular formula is C17H23F3N2O2. The van der Waals surface area contributed by atoms with Gasteiger partial charge in [-0.15, -0.1) is 0 Å². The summed E-state index contributed by atoms with van der Waals surface area (Å²) in [5.74, 6) is -0.246. The summed E-state index contributed by atoms with van der Waals surface area (Å²) < 4.78 is 43.8. The van der Waals surface area contributed by atoms with Gasteiger partial charge in [0, 0.05) is 26.2 Å². The van der Waals surface area contributed by atoms with Crippen molar-refractivity contribution in [3.8, 4) is 0 Å². The third-order valence-electron chi connectivity index (χ3n) is 4.04. The standard InChI is InChI=1S/C17H23F3N2O2/c1-21(2)7-8-22(16(23)14-6-9-24-12-14)11-13-4-3-5-15(10-13)17(18,19)20/h3-5,10,14H,6-9,11-12H2,1-2H3/t14-/m0/s1. The van der Waals surface area contributed by atoms with E-state index in [1.165, 1.54) is 6.07 Å². The van der Waals surface area contributed by atoms with E-state index >= 15 is 0 Å². The van der Waals surface area contributed by atoms with Crippen LogP contribution in [0.1, 0.15) is 17.5 Å². The molecule has 0 aromatic heterocycles. The lowest BCUT2D eigenvalue weighted by Crippen LogP contribution is -2.40. The number of benzene rings is 1. The van der Waals surface area contributed by atoms with Crippen molar-refractivity contribution in [3.63, 3.8) is 0 Å². The second-order valence-corrected chi connectivity index (χ2v) is 6.32. The lowest BCUT2D eigenvalue weighted by molar-refractivity contribution is -0.137. The number of carbonyl (C=O) groups excluding carboxylic acids is 1. The summed E-state index contributed by atoms with van der Waals surface area (Å²) in [6.07, 6.45) is -3.71. The summed E-state index contributed by atoms with van der Waals surface area (Å²) in [6.45, 7) is 2.24. The van der Waals surface area contributed by atoms with Gasteiger partial charge in [-0.3, -0.25) is 4.79 Å². The first-order chi connectivity index (χ1) is 11.3. The molecular weight excluding hydrogens is 321 g/mol. The molecule has 134 valence electrons. The average molecular weight is 344 g/mol. The Morgan fingerprint density at radius 1 is 1.29 bits per heavy atom. The highest BCUT2D eigenvalue weighted by molar-refractivity contribution is 5.79. The number of halogens is 3. The highest BCUT2D eigenvalue weighted by Gasteiger charge is 2.31. The lowest BCUT2D eigenvalue weighted by atomic mass is 10.1. The van der Waals surface area contributed by atoms with E-state index in [0.717, 1.165) is 12.1 Å². The molecule has 1 aromatic carbocycles. The first kappa shape index (κ1) is 18.7. The van der Waals surface area contributed by atoms with Crippen LogP contribution >= 0.6 is 0 Å². The van der Waals surface area contributed by atoms with Gasteiger partial charge in [0.2, 0.25) is 5.91 Å². The minimum absolute atomic E-state index is 0.0493. The van der Waals surface area contributed by atoms with E-state index in [1.54, 1.807) is 11.0 Å². The first-order valence-corrected chi connectivity index (χ1v) is 7.95. The van der Waals surface area contributed by atoms with E-state index in [9.17, 15) is 18.0 Å². The Morgan fingerprint density at radius 3 is 2.62 bits per heavy atom. The Labute approximate surface area is 140 Å². The number of likely N-dealkylation sites (N-methyl/N-ethyl adjacent to an activating group) is 1. The maximum atomic E-state index is 12.9. The number of nitrogens with zero attached hydrogens (tertiary/aromatic N) is 2. The second kappa shape index (κ2) is 7.98. The van der Waals surface area contributed by atoms with Crippen LogP contribution in [0, 0.1) is 5.92 Å². The van der Waals surface area contributed by atoms with Crippen molar-refractivity contribution < 1.29 is 22.7 Å². The zero-order chi connectivity index (χ0) is 17.7. The van der Waals surface area contributed by atoms with E-state index in [4.69, 9.17) is 4.74 Å². The molecule has 0 saturated carbocycles. The van der Waals surface area contributed by atoms with Crippen LogP contribution in [0.5, 0.6) is 0 Å². The first-order valence-electron chi connectivity index (χ1n) is 7.95. The van der Waals surface area contributed by atoms with Gasteiger partial charge in [-0.2, -0.15) is 13.2 Å². The topological polar surface area (TPSA) is 32.8 Å². The summed E-state index contributed by atoms with van der Waals surface area (Å²) >= 11 is 0. The average Bonchev–Trinajstić information content (AvgIpc) is 3.04. The number of alkyl halides is 3. The van der Waals surface area contributed by atoms with E-state index in [-0.39, 0.29) is 18.4 Å². The summed E-state index contributed by atoms with van der Waals surface area (Å²) in [5, 5.41) is 0. The van der Waals surface area contributed by atoms with Crippen LogP contribution in [-0.4, -0.2) is 56.1 Å². The quantitative estimate of drug-likeness (QED) is 0.795. The zero-order valence-electron chi connectivity index (χ0n) is 14.0. The van der Waals surface area contributed by atoms with Gasteiger partial charge in [0.1, 0.15) is 0 Å². The molecule has 1 heterocycles. The summed E-state index contributed by atoms with van der Waals surface area (Å²) in [4.78, 5) is 16.2. The second-order valence-electron chi connectivity index (χ2n) is 6.32. The molecule has 0 spiro atoms. The summed E-state index contributed by atoms with van der Waals surface area (Å²) in [7, 11) is 3.79. The Bertz CT molecular complexity index is 555. The number of hydrogen-bond acceptors (Lipinski definition) is 3. The molecule has 0 N–H and O–H groups in total. The maximum Gasteiger partial charge on any atom is 0.416 e. The van der Waals surface area contributed by atoms with Gasteiger partial charge in [-0.25, -0.2) is 0 Å². The molecule has 2 rings (SSSR count). The predicted molar refractivity (Wildman–Crippen MR) is 84.3 cm³/mol. The zero-order valence-corrected chi connectivity index (χ0v) is 14.0. The molecule has 1 atom stereocenters. The number of carbonyl (C=O) groups is 1. The van der Waals surface area contributed by atoms with Crippen molar-refractivity contribution in [3.05, 3.63) is 35.4 Å². The van der Waals surface area contributed by atoms with E-state index in [0.29, 0.717) is 38.3 Å². The van der Waals surface area contributed by atoms with Gasteiger partial charge in [-0.1, -0.05) is 12.1 Å². The molecule has 1 aromatic rings. The fourth-order valence-electron chi connectivity index (χ4n) is 2.64. The molecule has 1 aliphatic heterocycles. The number of ether oxygens (including phenoxy) is 1. The van der Waals surface area contributed by atoms with Crippen molar-refractivity contribution in [1.82, 2.24) is 9.80 Å². The van der Waals surface area contributed by atoms with Crippen LogP contribution < -0.4 is 0 Å². The molecule has 7 heteroatoms. The van der Waals surface area contributed by atoms with Gasteiger partial charge in [0.25, 0.3) is 0 Å². The molecule has 1 aliphatic rings. The molecule has 0 radical (unpaired) electrons. The van der Waals surface area contributed by atoms with Gasteiger partial charge < -0.3 is 14.5 Å². The van der Waals surface area contributed by atoms with E-state index in [1.807, 2.05) is 19.0 Å². The SMILES string of the molecule is CN(C)CCN(Cc1cccc(C(F)(F)F)c1)C(=O)[C@H]1CCOC1. The van der Waals surface area contributed by atoms with E-state index < -0.39 is 11.7 Å². The van der Waals surface area contributed by atoms with Gasteiger partial charge >= 0.3 is 6.18 Å². The summed E-state index contributed by atoms with van der Waals surface area (Å²) in [5.41, 5.74) is -0.208. The molecule has 0 unspecified atom stereocenters. The minimum Gasteiger partial charge on any atom is -0.381 e. The Morgan fingerprint density at radius 2 is 2.04 bits per heavy atom. The van der Waals surface area contributed by atoms with Crippen LogP contribution in [0.3, 0.4) is 0 Å². The molecule has 0 aliphatic carbocycles. The van der Waals surface area contributed by atoms with Crippen LogP contribution in [0.15, 0.2) is 24.3 Å². The predicted octanol–water partition coefficient (Wildman–Crippen LogP) is 2.63. The van der Waals surface area contributed by atoms with Crippen molar-refractivity contribution in [1.29, 1.82) is 0 Å². The molecule has 1 fully saturated rings. The molecule has 0 bridgehead atoms. The number of rotatable bonds is 6. The van der Waals surface area contributed by atoms with E-state index in [2.05, 4.69) is 0 Å². The van der Waals surface area contributed by atoms with Crippen molar-refractivity contribution >= 4 is 5.91 Å². The van der Waals surface area contributed by atoms with Crippen molar-refractivity contribution in [2.75, 3.05) is 40.4 Å². The molecule has 4 nitrogen and oxygen atoms in total. The highest BCUT2D eigenvalue weighted by Crippen LogP contribution is 2.30. The van der Waals surface area contributed by atoms with Crippen LogP contribution in [0.2, 0.25) is 0 Å². The minimum atomic E-state index is -4.38. The van der Waals surface area contributed by atoms with Gasteiger partial charge in [0.05, 0.1) is 18.1 Å². The summed E-state index contributed by atoms with van der Waals surface area (Å²) in [6, 6.07) is 5.16. The normalized spacial score (nSPS) is 18.2. The maximum absolute atomic E-state index is 12.9. The Hall–Kier alpha value is -1.60. The fourth-order valence-corrected chi connectivity index (χ4v) is 2.64. The molecule has 1 saturated heterocycles. The van der Waals surface area contributed by atoms with Crippen LogP contribution in [0.4, 0.5) is 13.2 Å². The fraction of sp³-hybridized carbons (Fsp3) is 0.588. The Kier molecular flexibility index (Phi) is 6.23. The number of amides is 1. The number of hydrogen-bond donors (Lipinski definition) is 0. The lowest BCUT2D eigenvalue weighted by Gasteiger charge is -2.27. The smallest absolute Gasteiger partial charge is 0.381 e. The third-order valence-corrected chi connectivity index (χ3v) is 4.04. The Balaban J connectivity index is 2.13.